The molecule has 2 aromatic rings. The average molecular weight is 276 g/mol. The summed E-state index contributed by atoms with van der Waals surface area (Å²) < 4.78 is 0. The van der Waals surface area contributed by atoms with Gasteiger partial charge in [0.15, 0.2) is 0 Å². The summed E-state index contributed by atoms with van der Waals surface area (Å²) in [5.74, 6) is 0.309. The minimum Gasteiger partial charge on any atom is -0.508 e. The van der Waals surface area contributed by atoms with Crippen LogP contribution < -0.4 is 5.32 Å². The monoisotopic (exact) mass is 275 g/mol. The van der Waals surface area contributed by atoms with Crippen LogP contribution in [0.3, 0.4) is 0 Å². The number of rotatable bonds is 5. The number of benzene rings is 2. The average Bonchev–Trinajstić information content (AvgIpc) is 2.39. The second kappa shape index (κ2) is 6.60. The van der Waals surface area contributed by atoms with Gasteiger partial charge in [0.25, 0.3) is 0 Å². The van der Waals surface area contributed by atoms with E-state index in [2.05, 4.69) is 12.2 Å². The van der Waals surface area contributed by atoms with Crippen LogP contribution in [0.15, 0.2) is 48.5 Å². The highest BCUT2D eigenvalue weighted by Crippen LogP contribution is 2.22. The van der Waals surface area contributed by atoms with Crippen molar-refractivity contribution in [1.82, 2.24) is 5.32 Å². The molecule has 0 aliphatic rings. The Morgan fingerprint density at radius 2 is 1.89 bits per heavy atom. The lowest BCUT2D eigenvalue weighted by Gasteiger charge is -2.18. The maximum Gasteiger partial charge on any atom is 0.115 e. The summed E-state index contributed by atoms with van der Waals surface area (Å²) in [6.07, 6.45) is 0.837. The number of hydrogen-bond donors (Lipinski definition) is 2. The molecular weight excluding hydrogens is 258 g/mol. The van der Waals surface area contributed by atoms with Crippen molar-refractivity contribution in [3.05, 3.63) is 64.7 Å². The van der Waals surface area contributed by atoms with E-state index in [1.165, 1.54) is 5.56 Å². The molecule has 2 rings (SSSR count). The van der Waals surface area contributed by atoms with Crippen LogP contribution in [0.5, 0.6) is 5.75 Å². The van der Waals surface area contributed by atoms with Crippen molar-refractivity contribution in [2.45, 2.75) is 19.4 Å². The van der Waals surface area contributed by atoms with Crippen LogP contribution in [0.1, 0.15) is 24.1 Å². The third-order valence-electron chi connectivity index (χ3n) is 3.07. The second-order valence-electron chi connectivity index (χ2n) is 4.54. The van der Waals surface area contributed by atoms with Crippen molar-refractivity contribution in [1.29, 1.82) is 0 Å². The SMILES string of the molecule is CCNC(Cc1cccc(O)c1)c1ccc(Cl)cc1. The van der Waals surface area contributed by atoms with Gasteiger partial charge in [0.2, 0.25) is 0 Å². The number of phenols is 1. The van der Waals surface area contributed by atoms with Gasteiger partial charge in [-0.3, -0.25) is 0 Å². The van der Waals surface area contributed by atoms with Gasteiger partial charge in [-0.25, -0.2) is 0 Å². The first kappa shape index (κ1) is 13.9. The van der Waals surface area contributed by atoms with E-state index in [9.17, 15) is 5.11 Å². The van der Waals surface area contributed by atoms with E-state index in [0.717, 1.165) is 23.6 Å². The number of phenolic OH excluding ortho intramolecular Hbond substituents is 1. The fourth-order valence-electron chi connectivity index (χ4n) is 2.17. The molecule has 3 heteroatoms. The van der Waals surface area contributed by atoms with Gasteiger partial charge < -0.3 is 10.4 Å². The maximum atomic E-state index is 9.52. The Hall–Kier alpha value is -1.51. The molecule has 1 unspecified atom stereocenters. The number of aromatic hydroxyl groups is 1. The first-order chi connectivity index (χ1) is 9.19. The Labute approximate surface area is 119 Å². The zero-order valence-electron chi connectivity index (χ0n) is 10.9. The lowest BCUT2D eigenvalue weighted by atomic mass is 9.98. The standard InChI is InChI=1S/C16H18ClNO/c1-2-18-16(13-6-8-14(17)9-7-13)11-12-4-3-5-15(19)10-12/h3-10,16,18-19H,2,11H2,1H3. The Morgan fingerprint density at radius 3 is 2.53 bits per heavy atom. The fraction of sp³-hybridized carbons (Fsp3) is 0.250. The molecule has 0 amide bonds. The van der Waals surface area contributed by atoms with E-state index >= 15 is 0 Å². The summed E-state index contributed by atoms with van der Waals surface area (Å²) >= 11 is 5.92. The van der Waals surface area contributed by atoms with E-state index in [1.54, 1.807) is 12.1 Å². The van der Waals surface area contributed by atoms with Gasteiger partial charge in [0.1, 0.15) is 5.75 Å². The van der Waals surface area contributed by atoms with Crippen LogP contribution in [0.4, 0.5) is 0 Å². The summed E-state index contributed by atoms with van der Waals surface area (Å²) in [4.78, 5) is 0. The smallest absolute Gasteiger partial charge is 0.115 e. The van der Waals surface area contributed by atoms with Crippen molar-refractivity contribution < 1.29 is 5.11 Å². The molecular formula is C16H18ClNO. The summed E-state index contributed by atoms with van der Waals surface area (Å²) in [5, 5.41) is 13.7. The Bertz CT molecular complexity index is 525. The molecule has 0 aliphatic carbocycles. The van der Waals surface area contributed by atoms with Gasteiger partial charge in [0, 0.05) is 11.1 Å². The summed E-state index contributed by atoms with van der Waals surface area (Å²) in [7, 11) is 0. The zero-order chi connectivity index (χ0) is 13.7. The van der Waals surface area contributed by atoms with Crippen LogP contribution in [0.25, 0.3) is 0 Å². The zero-order valence-corrected chi connectivity index (χ0v) is 11.7. The van der Waals surface area contributed by atoms with Gasteiger partial charge in [-0.05, 0) is 48.4 Å². The van der Waals surface area contributed by atoms with Crippen molar-refractivity contribution in [2.24, 2.45) is 0 Å². The van der Waals surface area contributed by atoms with Crippen molar-refractivity contribution in [2.75, 3.05) is 6.54 Å². The number of nitrogens with one attached hydrogen (secondary N) is 1. The highest BCUT2D eigenvalue weighted by molar-refractivity contribution is 6.30. The van der Waals surface area contributed by atoms with Crippen molar-refractivity contribution in [3.63, 3.8) is 0 Å². The minimum absolute atomic E-state index is 0.226. The molecule has 19 heavy (non-hydrogen) atoms. The van der Waals surface area contributed by atoms with Gasteiger partial charge >= 0.3 is 0 Å². The third-order valence-corrected chi connectivity index (χ3v) is 3.33. The number of likely N-dealkylation sites (N-methyl/N-ethyl adjacent to an activating group) is 1. The van der Waals surface area contributed by atoms with E-state index in [1.807, 2.05) is 36.4 Å². The molecule has 2 nitrogen and oxygen atoms in total. The molecule has 0 bridgehead atoms. The van der Waals surface area contributed by atoms with Gasteiger partial charge in [-0.15, -0.1) is 0 Å². The normalized spacial score (nSPS) is 12.3. The van der Waals surface area contributed by atoms with Gasteiger partial charge in [-0.2, -0.15) is 0 Å². The van der Waals surface area contributed by atoms with Crippen molar-refractivity contribution >= 4 is 11.6 Å². The Balaban J connectivity index is 2.18. The fourth-order valence-corrected chi connectivity index (χ4v) is 2.29. The molecule has 100 valence electrons. The molecule has 2 aromatic carbocycles. The minimum atomic E-state index is 0.226. The number of hydrogen-bond acceptors (Lipinski definition) is 2. The summed E-state index contributed by atoms with van der Waals surface area (Å²) in [5.41, 5.74) is 2.32. The molecule has 0 spiro atoms. The molecule has 0 heterocycles. The molecule has 0 radical (unpaired) electrons. The highest BCUT2D eigenvalue weighted by atomic mass is 35.5. The predicted octanol–water partition coefficient (Wildman–Crippen LogP) is 3.94. The predicted molar refractivity (Wildman–Crippen MR) is 79.7 cm³/mol. The Morgan fingerprint density at radius 1 is 1.16 bits per heavy atom. The number of halogens is 1. The molecule has 1 atom stereocenters. The van der Waals surface area contributed by atoms with Gasteiger partial charge in [-0.1, -0.05) is 42.8 Å². The van der Waals surface area contributed by atoms with Crippen LogP contribution >= 0.6 is 11.6 Å². The van der Waals surface area contributed by atoms with E-state index in [-0.39, 0.29) is 6.04 Å². The van der Waals surface area contributed by atoms with Crippen LogP contribution in [-0.4, -0.2) is 11.7 Å². The van der Waals surface area contributed by atoms with Gasteiger partial charge in [0.05, 0.1) is 0 Å². The topological polar surface area (TPSA) is 32.3 Å². The maximum absolute atomic E-state index is 9.52. The van der Waals surface area contributed by atoms with E-state index in [4.69, 9.17) is 11.6 Å². The second-order valence-corrected chi connectivity index (χ2v) is 4.97. The highest BCUT2D eigenvalue weighted by Gasteiger charge is 2.11. The largest absolute Gasteiger partial charge is 0.508 e. The summed E-state index contributed by atoms with van der Waals surface area (Å²) in [6, 6.07) is 15.5. The lowest BCUT2D eigenvalue weighted by molar-refractivity contribution is 0.473. The van der Waals surface area contributed by atoms with E-state index < -0.39 is 0 Å². The molecule has 2 N–H and O–H groups in total. The van der Waals surface area contributed by atoms with Crippen LogP contribution in [0.2, 0.25) is 5.02 Å². The van der Waals surface area contributed by atoms with E-state index in [0.29, 0.717) is 5.75 Å². The third kappa shape index (κ3) is 3.98. The molecule has 0 fully saturated rings. The first-order valence-electron chi connectivity index (χ1n) is 6.46. The lowest BCUT2D eigenvalue weighted by Crippen LogP contribution is -2.22. The molecule has 0 saturated carbocycles. The van der Waals surface area contributed by atoms with Crippen LogP contribution in [0, 0.1) is 0 Å². The van der Waals surface area contributed by atoms with Crippen molar-refractivity contribution in [3.8, 4) is 5.75 Å². The Kier molecular flexibility index (Phi) is 4.83. The molecule has 0 aromatic heterocycles. The molecule has 0 aliphatic heterocycles. The quantitative estimate of drug-likeness (QED) is 0.866. The van der Waals surface area contributed by atoms with Crippen LogP contribution in [-0.2, 0) is 6.42 Å². The summed E-state index contributed by atoms with van der Waals surface area (Å²) in [6.45, 7) is 2.98. The molecule has 0 saturated heterocycles. The first-order valence-corrected chi connectivity index (χ1v) is 6.83.